The van der Waals surface area contributed by atoms with Crippen LogP contribution in [0.1, 0.15) is 17.7 Å². The number of halogens is 1. The number of aryl methyl sites for hydroxylation is 2. The molecule has 1 aliphatic carbocycles. The number of hydrogen-bond acceptors (Lipinski definition) is 2. The molecule has 0 bridgehead atoms. The van der Waals surface area contributed by atoms with Crippen molar-refractivity contribution >= 4 is 15.9 Å². The van der Waals surface area contributed by atoms with Crippen LogP contribution in [0, 0.1) is 0 Å². The Kier molecular flexibility index (Phi) is 1.60. The molecule has 0 aliphatic heterocycles. The van der Waals surface area contributed by atoms with Crippen LogP contribution < -0.4 is 5.63 Å². The maximum absolute atomic E-state index is 11.0. The smallest absolute Gasteiger partial charge is 0.350 e. The van der Waals surface area contributed by atoms with Gasteiger partial charge in [0.2, 0.25) is 0 Å². The third kappa shape index (κ3) is 1.13. The molecule has 58 valence electrons. The molecule has 0 spiro atoms. The largest absolute Gasteiger partial charge is 0.427 e. The lowest BCUT2D eigenvalue weighted by Crippen LogP contribution is -2.01. The van der Waals surface area contributed by atoms with Crippen LogP contribution in [-0.4, -0.2) is 0 Å². The molecule has 0 N–H and O–H groups in total. The molecule has 3 heteroatoms. The van der Waals surface area contributed by atoms with Gasteiger partial charge in [0.25, 0.3) is 0 Å². The van der Waals surface area contributed by atoms with E-state index in [1.54, 1.807) is 0 Å². The summed E-state index contributed by atoms with van der Waals surface area (Å²) in [6, 6.07) is 1.87. The Morgan fingerprint density at radius 1 is 1.45 bits per heavy atom. The first-order valence-corrected chi connectivity index (χ1v) is 4.38. The SMILES string of the molecule is O=c1oc2c(cc1Br)CCC2. The first kappa shape index (κ1) is 7.10. The topological polar surface area (TPSA) is 30.2 Å². The fraction of sp³-hybridized carbons (Fsp3) is 0.375. The monoisotopic (exact) mass is 214 g/mol. The normalized spacial score (nSPS) is 15.0. The summed E-state index contributed by atoms with van der Waals surface area (Å²) in [4.78, 5) is 11.0. The zero-order chi connectivity index (χ0) is 7.84. The second-order valence-corrected chi connectivity index (χ2v) is 3.54. The lowest BCUT2D eigenvalue weighted by Gasteiger charge is -1.95. The highest BCUT2D eigenvalue weighted by atomic mass is 79.9. The molecule has 0 saturated carbocycles. The molecule has 2 nitrogen and oxygen atoms in total. The fourth-order valence-corrected chi connectivity index (χ4v) is 1.74. The average Bonchev–Trinajstić information content (AvgIpc) is 2.36. The molecular formula is C8H7BrO2. The Hall–Kier alpha value is -0.570. The minimum absolute atomic E-state index is 0.259. The Bertz CT molecular complexity index is 340. The van der Waals surface area contributed by atoms with E-state index in [9.17, 15) is 4.79 Å². The van der Waals surface area contributed by atoms with Crippen molar-refractivity contribution in [3.05, 3.63) is 32.3 Å². The molecule has 0 radical (unpaired) electrons. The highest BCUT2D eigenvalue weighted by Crippen LogP contribution is 2.22. The average molecular weight is 215 g/mol. The van der Waals surface area contributed by atoms with Crippen LogP contribution in [0.3, 0.4) is 0 Å². The van der Waals surface area contributed by atoms with Gasteiger partial charge < -0.3 is 4.42 Å². The molecule has 0 aromatic carbocycles. The van der Waals surface area contributed by atoms with Gasteiger partial charge in [0.15, 0.2) is 0 Å². The van der Waals surface area contributed by atoms with Crippen LogP contribution in [0.5, 0.6) is 0 Å². The number of rotatable bonds is 0. The van der Waals surface area contributed by atoms with Crippen LogP contribution in [0.15, 0.2) is 19.8 Å². The lowest BCUT2D eigenvalue weighted by molar-refractivity contribution is 0.463. The van der Waals surface area contributed by atoms with Crippen molar-refractivity contribution < 1.29 is 4.42 Å². The van der Waals surface area contributed by atoms with E-state index in [0.717, 1.165) is 25.0 Å². The van der Waals surface area contributed by atoms with E-state index in [4.69, 9.17) is 4.42 Å². The van der Waals surface area contributed by atoms with Crippen LogP contribution >= 0.6 is 15.9 Å². The molecular weight excluding hydrogens is 208 g/mol. The summed E-state index contributed by atoms with van der Waals surface area (Å²) in [5.74, 6) is 0.873. The predicted molar refractivity (Wildman–Crippen MR) is 44.7 cm³/mol. The highest BCUT2D eigenvalue weighted by molar-refractivity contribution is 9.10. The third-order valence-corrected chi connectivity index (χ3v) is 2.47. The molecule has 0 atom stereocenters. The fourth-order valence-electron chi connectivity index (χ4n) is 1.38. The van der Waals surface area contributed by atoms with Crippen molar-refractivity contribution in [1.82, 2.24) is 0 Å². The molecule has 1 aromatic heterocycles. The minimum atomic E-state index is -0.259. The predicted octanol–water partition coefficient (Wildman–Crippen LogP) is 1.89. The van der Waals surface area contributed by atoms with Crippen molar-refractivity contribution in [1.29, 1.82) is 0 Å². The second-order valence-electron chi connectivity index (χ2n) is 2.68. The van der Waals surface area contributed by atoms with Crippen LogP contribution in [-0.2, 0) is 12.8 Å². The van der Waals surface area contributed by atoms with Crippen LogP contribution in [0.2, 0.25) is 0 Å². The standard InChI is InChI=1S/C8H7BrO2/c9-6-4-5-2-1-3-7(5)11-8(6)10/h4H,1-3H2. The highest BCUT2D eigenvalue weighted by Gasteiger charge is 2.14. The van der Waals surface area contributed by atoms with E-state index in [1.807, 2.05) is 6.07 Å². The summed E-state index contributed by atoms with van der Waals surface area (Å²) in [5.41, 5.74) is 0.919. The molecule has 0 fully saturated rings. The second kappa shape index (κ2) is 2.48. The zero-order valence-corrected chi connectivity index (χ0v) is 7.48. The summed E-state index contributed by atoms with van der Waals surface area (Å²) in [5, 5.41) is 0. The summed E-state index contributed by atoms with van der Waals surface area (Å²) in [6.07, 6.45) is 3.06. The maximum Gasteiger partial charge on any atom is 0.350 e. The molecule has 0 saturated heterocycles. The molecule has 1 aromatic rings. The van der Waals surface area contributed by atoms with Crippen molar-refractivity contribution in [3.63, 3.8) is 0 Å². The van der Waals surface area contributed by atoms with Gasteiger partial charge in [0.1, 0.15) is 10.2 Å². The van der Waals surface area contributed by atoms with E-state index in [2.05, 4.69) is 15.9 Å². The van der Waals surface area contributed by atoms with E-state index >= 15 is 0 Å². The summed E-state index contributed by atoms with van der Waals surface area (Å²) < 4.78 is 5.59. The minimum Gasteiger partial charge on any atom is -0.427 e. The van der Waals surface area contributed by atoms with Gasteiger partial charge in [0.05, 0.1) is 0 Å². The van der Waals surface area contributed by atoms with Crippen molar-refractivity contribution in [2.45, 2.75) is 19.3 Å². The first-order valence-electron chi connectivity index (χ1n) is 3.59. The molecule has 11 heavy (non-hydrogen) atoms. The van der Waals surface area contributed by atoms with Gasteiger partial charge in [-0.1, -0.05) is 0 Å². The Balaban J connectivity index is 2.66. The summed E-state index contributed by atoms with van der Waals surface area (Å²) >= 11 is 3.14. The van der Waals surface area contributed by atoms with E-state index in [1.165, 1.54) is 5.56 Å². The first-order chi connectivity index (χ1) is 5.27. The van der Waals surface area contributed by atoms with Gasteiger partial charge in [-0.15, -0.1) is 0 Å². The molecule has 1 aliphatic rings. The van der Waals surface area contributed by atoms with Crippen molar-refractivity contribution in [3.8, 4) is 0 Å². The molecule has 0 unspecified atom stereocenters. The van der Waals surface area contributed by atoms with E-state index < -0.39 is 0 Å². The van der Waals surface area contributed by atoms with E-state index in [-0.39, 0.29) is 5.63 Å². The lowest BCUT2D eigenvalue weighted by atomic mass is 10.2. The van der Waals surface area contributed by atoms with Crippen molar-refractivity contribution in [2.24, 2.45) is 0 Å². The quantitative estimate of drug-likeness (QED) is 0.661. The van der Waals surface area contributed by atoms with Gasteiger partial charge in [0, 0.05) is 6.42 Å². The molecule has 2 rings (SSSR count). The Labute approximate surface area is 72.4 Å². The zero-order valence-electron chi connectivity index (χ0n) is 5.89. The summed E-state index contributed by atoms with van der Waals surface area (Å²) in [6.45, 7) is 0. The van der Waals surface area contributed by atoms with E-state index in [0.29, 0.717) is 4.47 Å². The Morgan fingerprint density at radius 3 is 3.09 bits per heavy atom. The van der Waals surface area contributed by atoms with Gasteiger partial charge in [-0.3, -0.25) is 0 Å². The third-order valence-electron chi connectivity index (χ3n) is 1.92. The van der Waals surface area contributed by atoms with Gasteiger partial charge in [-0.25, -0.2) is 4.79 Å². The number of fused-ring (bicyclic) bond motifs is 1. The van der Waals surface area contributed by atoms with Crippen LogP contribution in [0.25, 0.3) is 0 Å². The van der Waals surface area contributed by atoms with Gasteiger partial charge in [-0.05, 0) is 40.4 Å². The number of hydrogen-bond donors (Lipinski definition) is 0. The molecule has 1 heterocycles. The van der Waals surface area contributed by atoms with Crippen LogP contribution in [0.4, 0.5) is 0 Å². The van der Waals surface area contributed by atoms with Crippen molar-refractivity contribution in [2.75, 3.05) is 0 Å². The summed E-state index contributed by atoms with van der Waals surface area (Å²) in [7, 11) is 0. The van der Waals surface area contributed by atoms with Gasteiger partial charge >= 0.3 is 5.63 Å². The molecule has 0 amide bonds. The maximum atomic E-state index is 11.0. The van der Waals surface area contributed by atoms with Gasteiger partial charge in [-0.2, -0.15) is 0 Å². The Morgan fingerprint density at radius 2 is 2.27 bits per heavy atom.